The summed E-state index contributed by atoms with van der Waals surface area (Å²) in [4.78, 5) is 4.83. The van der Waals surface area contributed by atoms with E-state index in [0.717, 1.165) is 63.1 Å². The molecular formula is C22H25N5O2. The van der Waals surface area contributed by atoms with E-state index in [-0.39, 0.29) is 0 Å². The molecule has 1 saturated heterocycles. The number of benzene rings is 2. The lowest BCUT2D eigenvalue weighted by molar-refractivity contribution is 0.122. The zero-order valence-electron chi connectivity index (χ0n) is 16.6. The summed E-state index contributed by atoms with van der Waals surface area (Å²) in [6.45, 7) is 5.97. The van der Waals surface area contributed by atoms with Gasteiger partial charge in [-0.1, -0.05) is 17.3 Å². The van der Waals surface area contributed by atoms with Crippen LogP contribution in [0.5, 0.6) is 5.75 Å². The minimum absolute atomic E-state index is 0.786. The van der Waals surface area contributed by atoms with Crippen LogP contribution in [0.15, 0.2) is 48.7 Å². The van der Waals surface area contributed by atoms with Crippen LogP contribution >= 0.6 is 0 Å². The molecule has 1 aromatic heterocycles. The van der Waals surface area contributed by atoms with Gasteiger partial charge in [0, 0.05) is 38.4 Å². The molecule has 0 atom stereocenters. The Bertz CT molecular complexity index is 979. The van der Waals surface area contributed by atoms with Crippen LogP contribution < -0.4 is 9.64 Å². The number of rotatable bonds is 4. The maximum absolute atomic E-state index is 5.51. The lowest BCUT2D eigenvalue weighted by atomic mass is 10.1. The Morgan fingerprint density at radius 3 is 2.66 bits per heavy atom. The lowest BCUT2D eigenvalue weighted by Gasteiger charge is -2.29. The zero-order valence-corrected chi connectivity index (χ0v) is 16.6. The lowest BCUT2D eigenvalue weighted by Crippen LogP contribution is -2.36. The molecule has 2 aliphatic rings. The summed E-state index contributed by atoms with van der Waals surface area (Å²) in [5, 5.41) is 8.52. The third-order valence-electron chi connectivity index (χ3n) is 5.63. The number of anilines is 1. The smallest absolute Gasteiger partial charge is 0.118 e. The van der Waals surface area contributed by atoms with E-state index in [1.807, 2.05) is 23.0 Å². The summed E-state index contributed by atoms with van der Waals surface area (Å²) in [5.74, 6) is 0.882. The van der Waals surface area contributed by atoms with E-state index in [2.05, 4.69) is 50.4 Å². The van der Waals surface area contributed by atoms with E-state index in [1.165, 1.54) is 16.8 Å². The highest BCUT2D eigenvalue weighted by atomic mass is 16.5. The van der Waals surface area contributed by atoms with Gasteiger partial charge in [-0.3, -0.25) is 4.90 Å². The van der Waals surface area contributed by atoms with Crippen molar-refractivity contribution in [3.63, 3.8) is 0 Å². The molecule has 2 aliphatic heterocycles. The summed E-state index contributed by atoms with van der Waals surface area (Å²) in [6.07, 6.45) is 1.87. The summed E-state index contributed by atoms with van der Waals surface area (Å²) < 4.78 is 12.8. The van der Waals surface area contributed by atoms with Gasteiger partial charge < -0.3 is 14.4 Å². The molecule has 0 saturated carbocycles. The summed E-state index contributed by atoms with van der Waals surface area (Å²) in [6, 6.07) is 15.0. The first-order valence-electron chi connectivity index (χ1n) is 10.0. The van der Waals surface area contributed by atoms with Gasteiger partial charge in [-0.15, -0.1) is 5.10 Å². The molecule has 0 radical (unpaired) electrons. The maximum Gasteiger partial charge on any atom is 0.118 e. The first kappa shape index (κ1) is 18.1. The number of fused-ring (bicyclic) bond motifs is 3. The Morgan fingerprint density at radius 1 is 1.03 bits per heavy atom. The third-order valence-corrected chi connectivity index (χ3v) is 5.63. The van der Waals surface area contributed by atoms with Crippen molar-refractivity contribution in [1.82, 2.24) is 19.9 Å². The maximum atomic E-state index is 5.51. The Balaban J connectivity index is 1.45. The molecular weight excluding hydrogens is 366 g/mol. The van der Waals surface area contributed by atoms with Gasteiger partial charge in [-0.05, 0) is 41.5 Å². The normalized spacial score (nSPS) is 16.8. The van der Waals surface area contributed by atoms with Crippen molar-refractivity contribution in [3.8, 4) is 11.4 Å². The molecule has 3 aromatic rings. The SMILES string of the molecule is COc1ccc(CN2Cc3cc(N4CCOCC4)ccc3-n3nncc3C2)cc1. The largest absolute Gasteiger partial charge is 0.497 e. The highest BCUT2D eigenvalue weighted by Crippen LogP contribution is 2.29. The topological polar surface area (TPSA) is 55.7 Å². The van der Waals surface area contributed by atoms with Crippen LogP contribution in [0.25, 0.3) is 5.69 Å². The minimum Gasteiger partial charge on any atom is -0.497 e. The van der Waals surface area contributed by atoms with Gasteiger partial charge in [0.2, 0.25) is 0 Å². The van der Waals surface area contributed by atoms with Crippen LogP contribution in [0.1, 0.15) is 16.8 Å². The van der Waals surface area contributed by atoms with Gasteiger partial charge in [0.1, 0.15) is 5.75 Å². The monoisotopic (exact) mass is 391 g/mol. The van der Waals surface area contributed by atoms with Gasteiger partial charge in [0.25, 0.3) is 0 Å². The predicted molar refractivity (Wildman–Crippen MR) is 110 cm³/mol. The summed E-state index contributed by atoms with van der Waals surface area (Å²) in [5.41, 5.74) is 6.01. The fourth-order valence-electron chi connectivity index (χ4n) is 4.12. The Hall–Kier alpha value is -2.90. The van der Waals surface area contributed by atoms with Crippen molar-refractivity contribution in [3.05, 3.63) is 65.5 Å². The Kier molecular flexibility index (Phi) is 4.91. The van der Waals surface area contributed by atoms with Gasteiger partial charge >= 0.3 is 0 Å². The molecule has 29 heavy (non-hydrogen) atoms. The first-order valence-corrected chi connectivity index (χ1v) is 10.0. The van der Waals surface area contributed by atoms with Crippen molar-refractivity contribution in [1.29, 1.82) is 0 Å². The second kappa shape index (κ2) is 7.85. The summed E-state index contributed by atoms with van der Waals surface area (Å²) in [7, 11) is 1.70. The van der Waals surface area contributed by atoms with E-state index in [1.54, 1.807) is 7.11 Å². The number of morpholine rings is 1. The minimum atomic E-state index is 0.786. The molecule has 1 fully saturated rings. The van der Waals surface area contributed by atoms with Crippen molar-refractivity contribution in [2.24, 2.45) is 0 Å². The molecule has 7 nitrogen and oxygen atoms in total. The second-order valence-corrected chi connectivity index (χ2v) is 7.54. The highest BCUT2D eigenvalue weighted by molar-refractivity contribution is 5.56. The van der Waals surface area contributed by atoms with Crippen molar-refractivity contribution in [2.75, 3.05) is 38.3 Å². The third kappa shape index (κ3) is 3.71. The van der Waals surface area contributed by atoms with Gasteiger partial charge in [-0.25, -0.2) is 4.68 Å². The average molecular weight is 391 g/mol. The van der Waals surface area contributed by atoms with Crippen LogP contribution in [0.4, 0.5) is 5.69 Å². The number of methoxy groups -OCH3 is 1. The van der Waals surface area contributed by atoms with Crippen LogP contribution in [-0.4, -0.2) is 53.3 Å². The molecule has 0 bridgehead atoms. The van der Waals surface area contributed by atoms with E-state index in [4.69, 9.17) is 9.47 Å². The van der Waals surface area contributed by atoms with Gasteiger partial charge in [-0.2, -0.15) is 0 Å². The number of ether oxygens (including phenoxy) is 2. The molecule has 7 heteroatoms. The molecule has 0 amide bonds. The molecule has 150 valence electrons. The predicted octanol–water partition coefficient (Wildman–Crippen LogP) is 2.63. The number of nitrogens with zero attached hydrogens (tertiary/aromatic N) is 5. The fourth-order valence-corrected chi connectivity index (χ4v) is 4.12. The van der Waals surface area contributed by atoms with Crippen molar-refractivity contribution < 1.29 is 9.47 Å². The molecule has 0 N–H and O–H groups in total. The van der Waals surface area contributed by atoms with Crippen molar-refractivity contribution >= 4 is 5.69 Å². The number of hydrogen-bond acceptors (Lipinski definition) is 6. The molecule has 0 aliphatic carbocycles. The Morgan fingerprint density at radius 2 is 1.86 bits per heavy atom. The van der Waals surface area contributed by atoms with Gasteiger partial charge in [0.05, 0.1) is 37.9 Å². The summed E-state index contributed by atoms with van der Waals surface area (Å²) >= 11 is 0. The molecule has 0 unspecified atom stereocenters. The fraction of sp³-hybridized carbons (Fsp3) is 0.364. The van der Waals surface area contributed by atoms with Crippen LogP contribution in [0.2, 0.25) is 0 Å². The first-order chi connectivity index (χ1) is 14.3. The van der Waals surface area contributed by atoms with Crippen LogP contribution in [-0.2, 0) is 24.4 Å². The van der Waals surface area contributed by atoms with E-state index < -0.39 is 0 Å². The highest BCUT2D eigenvalue weighted by Gasteiger charge is 2.22. The van der Waals surface area contributed by atoms with E-state index >= 15 is 0 Å². The molecule has 3 heterocycles. The average Bonchev–Trinajstić information content (AvgIpc) is 3.17. The molecule has 2 aromatic carbocycles. The van der Waals surface area contributed by atoms with Crippen LogP contribution in [0, 0.1) is 0 Å². The van der Waals surface area contributed by atoms with Crippen LogP contribution in [0.3, 0.4) is 0 Å². The van der Waals surface area contributed by atoms with E-state index in [0.29, 0.717) is 0 Å². The van der Waals surface area contributed by atoms with E-state index in [9.17, 15) is 0 Å². The zero-order chi connectivity index (χ0) is 19.6. The number of aromatic nitrogens is 3. The molecule has 0 spiro atoms. The van der Waals surface area contributed by atoms with Crippen molar-refractivity contribution in [2.45, 2.75) is 19.6 Å². The Labute approximate surface area is 170 Å². The standard InChI is InChI=1S/C22H25N5O2/c1-28-21-5-2-17(3-6-21)14-25-15-18-12-19(26-8-10-29-11-9-26)4-7-22(18)27-20(16-25)13-23-24-27/h2-7,12-13H,8-11,14-16H2,1H3. The van der Waals surface area contributed by atoms with Gasteiger partial charge in [0.15, 0.2) is 0 Å². The number of hydrogen-bond donors (Lipinski definition) is 0. The quantitative estimate of drug-likeness (QED) is 0.682. The second-order valence-electron chi connectivity index (χ2n) is 7.54. The molecule has 5 rings (SSSR count).